The molecular formula is C25H23F6N3O4S. The summed E-state index contributed by atoms with van der Waals surface area (Å²) in [7, 11) is 1.06. The fourth-order valence-electron chi connectivity index (χ4n) is 4.74. The molecule has 0 fully saturated rings. The van der Waals surface area contributed by atoms with Crippen LogP contribution in [-0.2, 0) is 28.4 Å². The van der Waals surface area contributed by atoms with Gasteiger partial charge in [-0.1, -0.05) is 0 Å². The third kappa shape index (κ3) is 5.60. The lowest BCUT2D eigenvalue weighted by molar-refractivity contribution is -0.143. The van der Waals surface area contributed by atoms with Gasteiger partial charge < -0.3 is 9.47 Å². The Labute approximate surface area is 222 Å². The summed E-state index contributed by atoms with van der Waals surface area (Å²) in [4.78, 5) is 32.6. The molecule has 39 heavy (non-hydrogen) atoms. The Morgan fingerprint density at radius 2 is 1.74 bits per heavy atom. The minimum atomic E-state index is -5.05. The fourth-order valence-corrected chi connectivity index (χ4v) is 5.62. The molecule has 1 aromatic heterocycles. The first-order chi connectivity index (χ1) is 18.3. The average molecular weight is 576 g/mol. The maximum atomic E-state index is 13.5. The van der Waals surface area contributed by atoms with E-state index in [-0.39, 0.29) is 24.7 Å². The van der Waals surface area contributed by atoms with Gasteiger partial charge in [0.1, 0.15) is 0 Å². The van der Waals surface area contributed by atoms with Crippen molar-refractivity contribution in [3.63, 3.8) is 0 Å². The molecule has 2 heterocycles. The lowest BCUT2D eigenvalue weighted by Crippen LogP contribution is -2.47. The molecule has 2 aromatic carbocycles. The van der Waals surface area contributed by atoms with Gasteiger partial charge in [0.2, 0.25) is 0 Å². The van der Waals surface area contributed by atoms with Gasteiger partial charge >= 0.3 is 24.5 Å². The minimum Gasteiger partial charge on any atom is -0.453 e. The number of benzene rings is 2. The summed E-state index contributed by atoms with van der Waals surface area (Å²) in [5.41, 5.74) is -0.413. The van der Waals surface area contributed by atoms with Gasteiger partial charge in [-0.15, -0.1) is 11.3 Å². The summed E-state index contributed by atoms with van der Waals surface area (Å²) < 4.78 is 91.7. The van der Waals surface area contributed by atoms with Crippen molar-refractivity contribution in [3.05, 3.63) is 58.1 Å². The van der Waals surface area contributed by atoms with E-state index >= 15 is 0 Å². The highest BCUT2D eigenvalue weighted by Crippen LogP contribution is 2.46. The van der Waals surface area contributed by atoms with E-state index in [4.69, 9.17) is 9.47 Å². The summed E-state index contributed by atoms with van der Waals surface area (Å²) in [5.74, 6) is 0. The van der Waals surface area contributed by atoms with Crippen LogP contribution in [0, 0.1) is 0 Å². The zero-order valence-electron chi connectivity index (χ0n) is 20.9. The number of carbonyl (C=O) groups excluding carboxylic acids is 2. The van der Waals surface area contributed by atoms with E-state index in [1.54, 1.807) is 31.5 Å². The molecule has 0 radical (unpaired) electrons. The van der Waals surface area contributed by atoms with Gasteiger partial charge in [0.25, 0.3) is 0 Å². The van der Waals surface area contributed by atoms with Gasteiger partial charge in [-0.05, 0) is 56.2 Å². The predicted molar refractivity (Wildman–Crippen MR) is 130 cm³/mol. The molecule has 2 atom stereocenters. The van der Waals surface area contributed by atoms with Crippen LogP contribution < -0.4 is 4.90 Å². The van der Waals surface area contributed by atoms with E-state index in [0.29, 0.717) is 33.6 Å². The topological polar surface area (TPSA) is 72.0 Å². The number of aromatic nitrogens is 1. The van der Waals surface area contributed by atoms with E-state index in [2.05, 4.69) is 4.98 Å². The van der Waals surface area contributed by atoms with E-state index in [1.165, 1.54) is 16.2 Å². The quantitative estimate of drug-likeness (QED) is 0.303. The van der Waals surface area contributed by atoms with Crippen LogP contribution in [0.2, 0.25) is 0 Å². The minimum absolute atomic E-state index is 0.0298. The number of nitrogens with zero attached hydrogens (tertiary/aromatic N) is 3. The highest BCUT2D eigenvalue weighted by Gasteiger charge is 2.42. The molecule has 1 aliphatic heterocycles. The first-order valence-electron chi connectivity index (χ1n) is 11.7. The maximum absolute atomic E-state index is 13.5. The highest BCUT2D eigenvalue weighted by atomic mass is 32.1. The molecule has 0 aliphatic carbocycles. The number of thiazole rings is 1. The van der Waals surface area contributed by atoms with E-state index in [9.17, 15) is 35.9 Å². The second-order valence-electron chi connectivity index (χ2n) is 8.88. The third-order valence-electron chi connectivity index (χ3n) is 6.36. The first-order valence-corrected chi connectivity index (χ1v) is 12.6. The molecule has 3 aromatic rings. The zero-order chi connectivity index (χ0) is 28.7. The SMILES string of the molecule is CCOC(=O)N1c2ccc3ncsc3c2[C@@H](N(Cc2cc(C(F)(F)F)cc(C(F)(F)F)c2)C(=O)OC)C[C@H]1C. The summed E-state index contributed by atoms with van der Waals surface area (Å²) in [6.45, 7) is 2.83. The van der Waals surface area contributed by atoms with Crippen molar-refractivity contribution in [2.75, 3.05) is 18.6 Å². The molecule has 4 rings (SSSR count). The van der Waals surface area contributed by atoms with Crippen LogP contribution in [0.1, 0.15) is 48.6 Å². The molecule has 0 unspecified atom stereocenters. The molecule has 210 valence electrons. The first kappa shape index (κ1) is 28.5. The van der Waals surface area contributed by atoms with Gasteiger partial charge in [0, 0.05) is 18.2 Å². The second kappa shape index (κ2) is 10.5. The second-order valence-corrected chi connectivity index (χ2v) is 9.74. The van der Waals surface area contributed by atoms with Gasteiger partial charge in [-0.25, -0.2) is 14.6 Å². The average Bonchev–Trinajstić information content (AvgIpc) is 3.34. The fraction of sp³-hybridized carbons (Fsp3) is 0.400. The maximum Gasteiger partial charge on any atom is 0.416 e. The standard InChI is InChI=1S/C25H23F6N3O4S/c1-4-38-23(36)34-13(2)7-19(20-18(34)6-5-17-21(20)39-12-32-17)33(22(35)37-3)11-14-8-15(24(26,27)28)10-16(9-14)25(29,30)31/h5-6,8-10,12-13,19H,4,7,11H2,1-3H3/t13-,19+/m1/s1. The molecule has 0 spiro atoms. The van der Waals surface area contributed by atoms with Crippen molar-refractivity contribution in [1.82, 2.24) is 9.88 Å². The van der Waals surface area contributed by atoms with Gasteiger partial charge in [0.05, 0.1) is 52.3 Å². The Bertz CT molecular complexity index is 1360. The van der Waals surface area contributed by atoms with Crippen LogP contribution in [0.5, 0.6) is 0 Å². The molecule has 2 amide bonds. The number of alkyl halides is 6. The Hall–Kier alpha value is -3.55. The smallest absolute Gasteiger partial charge is 0.416 e. The third-order valence-corrected chi connectivity index (χ3v) is 7.24. The number of anilines is 1. The molecule has 14 heteroatoms. The van der Waals surface area contributed by atoms with Crippen LogP contribution in [0.3, 0.4) is 0 Å². The van der Waals surface area contributed by atoms with E-state index < -0.39 is 54.3 Å². The molecular weight excluding hydrogens is 552 g/mol. The van der Waals surface area contributed by atoms with Crippen LogP contribution in [-0.4, -0.2) is 41.8 Å². The number of amides is 2. The van der Waals surface area contributed by atoms with Crippen LogP contribution in [0.15, 0.2) is 35.8 Å². The zero-order valence-corrected chi connectivity index (χ0v) is 21.7. The van der Waals surface area contributed by atoms with E-state index in [0.717, 1.165) is 12.0 Å². The van der Waals surface area contributed by atoms with Crippen LogP contribution in [0.4, 0.5) is 41.6 Å². The number of halogens is 6. The van der Waals surface area contributed by atoms with Crippen molar-refractivity contribution in [2.45, 2.75) is 51.2 Å². The number of rotatable bonds is 4. The Kier molecular flexibility index (Phi) is 7.70. The molecule has 0 N–H and O–H groups in total. The van der Waals surface area contributed by atoms with E-state index in [1.807, 2.05) is 0 Å². The van der Waals surface area contributed by atoms with Gasteiger partial charge in [0.15, 0.2) is 0 Å². The summed E-state index contributed by atoms with van der Waals surface area (Å²) in [6.07, 6.45) is -11.6. The molecule has 7 nitrogen and oxygen atoms in total. The molecule has 0 saturated carbocycles. The number of methoxy groups -OCH3 is 1. The normalized spacial score (nSPS) is 17.6. The van der Waals surface area contributed by atoms with Gasteiger partial charge in [-0.2, -0.15) is 26.3 Å². The predicted octanol–water partition coefficient (Wildman–Crippen LogP) is 7.40. The Morgan fingerprint density at radius 3 is 2.31 bits per heavy atom. The number of hydrogen-bond acceptors (Lipinski definition) is 6. The van der Waals surface area contributed by atoms with Crippen molar-refractivity contribution < 1.29 is 45.4 Å². The monoisotopic (exact) mass is 575 g/mol. The summed E-state index contributed by atoms with van der Waals surface area (Å²) in [6, 6.07) is 3.07. The number of hydrogen-bond donors (Lipinski definition) is 0. The van der Waals surface area contributed by atoms with Crippen molar-refractivity contribution >= 4 is 39.4 Å². The lowest BCUT2D eigenvalue weighted by atomic mass is 9.90. The number of fused-ring (bicyclic) bond motifs is 3. The van der Waals surface area contributed by atoms with Crippen LogP contribution >= 0.6 is 11.3 Å². The Balaban J connectivity index is 1.87. The Morgan fingerprint density at radius 1 is 1.10 bits per heavy atom. The largest absolute Gasteiger partial charge is 0.453 e. The molecule has 1 aliphatic rings. The highest BCUT2D eigenvalue weighted by molar-refractivity contribution is 7.17. The van der Waals surface area contributed by atoms with Gasteiger partial charge in [-0.3, -0.25) is 9.80 Å². The number of carbonyl (C=O) groups is 2. The van der Waals surface area contributed by atoms with Crippen molar-refractivity contribution in [2.24, 2.45) is 0 Å². The lowest BCUT2D eigenvalue weighted by Gasteiger charge is -2.42. The molecule has 0 bridgehead atoms. The summed E-state index contributed by atoms with van der Waals surface area (Å²) >= 11 is 1.22. The molecule has 0 saturated heterocycles. The van der Waals surface area contributed by atoms with Crippen molar-refractivity contribution in [1.29, 1.82) is 0 Å². The summed E-state index contributed by atoms with van der Waals surface area (Å²) in [5, 5.41) is 0. The number of ether oxygens (including phenoxy) is 2. The van der Waals surface area contributed by atoms with Crippen LogP contribution in [0.25, 0.3) is 10.2 Å². The van der Waals surface area contributed by atoms with Crippen molar-refractivity contribution in [3.8, 4) is 0 Å².